The number of hydrogen-bond donors (Lipinski definition) is 3. The first-order chi connectivity index (χ1) is 21.3. The number of ether oxygens (including phenoxy) is 3. The van der Waals surface area contributed by atoms with E-state index >= 15 is 0 Å². The van der Waals surface area contributed by atoms with Gasteiger partial charge in [0.1, 0.15) is 29.8 Å². The van der Waals surface area contributed by atoms with E-state index in [9.17, 15) is 14.4 Å². The Bertz CT molecular complexity index is 1180. The van der Waals surface area contributed by atoms with Gasteiger partial charge in [-0.25, -0.2) is 0 Å². The summed E-state index contributed by atoms with van der Waals surface area (Å²) in [5.74, 6) is -1.97. The summed E-state index contributed by atoms with van der Waals surface area (Å²) < 4.78 is 20.8. The van der Waals surface area contributed by atoms with E-state index in [2.05, 4.69) is 47.1 Å². The van der Waals surface area contributed by atoms with Crippen molar-refractivity contribution in [3.63, 3.8) is 0 Å². The Hall–Kier alpha value is -1.84. The third-order valence-corrected chi connectivity index (χ3v) is 10.4. The predicted molar refractivity (Wildman–Crippen MR) is 169 cm³/mol. The van der Waals surface area contributed by atoms with Gasteiger partial charge in [0.05, 0.1) is 13.2 Å². The zero-order chi connectivity index (χ0) is 31.3. The summed E-state index contributed by atoms with van der Waals surface area (Å²) in [7, 11) is 0. The molecule has 12 heteroatoms. The molecule has 3 saturated heterocycles. The number of carbonyl (C=O) groups excluding carboxylic acids is 3. The van der Waals surface area contributed by atoms with Crippen molar-refractivity contribution in [2.24, 2.45) is 5.41 Å². The van der Waals surface area contributed by atoms with Crippen molar-refractivity contribution in [3.8, 4) is 0 Å². The predicted octanol–water partition coefficient (Wildman–Crippen LogP) is 3.35. The Labute approximate surface area is 273 Å². The number of nitrogens with zero attached hydrogens (tertiary/aromatic N) is 1. The highest BCUT2D eigenvalue weighted by atomic mass is 127. The van der Waals surface area contributed by atoms with Gasteiger partial charge < -0.3 is 30.0 Å². The Morgan fingerprint density at radius 3 is 2.41 bits per heavy atom. The van der Waals surface area contributed by atoms with E-state index in [0.29, 0.717) is 0 Å². The van der Waals surface area contributed by atoms with Crippen molar-refractivity contribution in [2.75, 3.05) is 19.7 Å². The lowest BCUT2D eigenvalue weighted by Crippen LogP contribution is -2.69. The van der Waals surface area contributed by atoms with E-state index in [0.717, 1.165) is 60.5 Å². The van der Waals surface area contributed by atoms with Gasteiger partial charge in [0.15, 0.2) is 11.8 Å². The van der Waals surface area contributed by atoms with Gasteiger partial charge >= 0.3 is 5.97 Å². The molecule has 5 rings (SSSR count). The fraction of sp³-hybridized carbons (Fsp3) is 0.719. The van der Waals surface area contributed by atoms with Gasteiger partial charge in [0.25, 0.3) is 0 Å². The van der Waals surface area contributed by atoms with E-state index in [1.54, 1.807) is 5.06 Å². The van der Waals surface area contributed by atoms with Crippen molar-refractivity contribution < 1.29 is 38.5 Å². The summed E-state index contributed by atoms with van der Waals surface area (Å²) in [6, 6.07) is 6.87. The molecular weight excluding hydrogens is 681 g/mol. The lowest BCUT2D eigenvalue weighted by atomic mass is 9.62. The first-order valence-electron chi connectivity index (χ1n) is 16.2. The number of aliphatic hydroxyl groups is 1. The van der Waals surface area contributed by atoms with Gasteiger partial charge in [0, 0.05) is 42.3 Å². The topological polar surface area (TPSA) is 136 Å². The second-order valence-electron chi connectivity index (χ2n) is 12.4. The molecular formula is C32H46IN3O8. The summed E-state index contributed by atoms with van der Waals surface area (Å²) in [5, 5.41) is 16.1. The molecule has 1 saturated carbocycles. The lowest BCUT2D eigenvalue weighted by molar-refractivity contribution is -0.224. The maximum absolute atomic E-state index is 14.3. The molecule has 44 heavy (non-hydrogen) atoms. The van der Waals surface area contributed by atoms with Crippen LogP contribution < -0.4 is 10.6 Å². The van der Waals surface area contributed by atoms with Crippen LogP contribution in [0, 0.1) is 8.99 Å². The van der Waals surface area contributed by atoms with Crippen molar-refractivity contribution in [2.45, 2.75) is 121 Å². The minimum Gasteiger partial charge on any atom is -0.458 e. The maximum atomic E-state index is 14.3. The van der Waals surface area contributed by atoms with Gasteiger partial charge in [-0.2, -0.15) is 5.06 Å². The van der Waals surface area contributed by atoms with Crippen LogP contribution in [0.15, 0.2) is 24.3 Å². The number of fused-ring (bicyclic) bond motifs is 4. The van der Waals surface area contributed by atoms with Crippen molar-refractivity contribution in [1.82, 2.24) is 15.7 Å². The monoisotopic (exact) mass is 727 g/mol. The van der Waals surface area contributed by atoms with Crippen LogP contribution in [0.4, 0.5) is 0 Å². The van der Waals surface area contributed by atoms with Crippen LogP contribution >= 0.6 is 22.6 Å². The highest BCUT2D eigenvalue weighted by molar-refractivity contribution is 14.1. The summed E-state index contributed by atoms with van der Waals surface area (Å²) in [6.45, 7) is 4.68. The molecule has 2 amide bonds. The number of benzene rings is 1. The number of unbranched alkanes of at least 4 members (excludes halogenated alkanes) is 4. The normalized spacial score (nSPS) is 30.1. The van der Waals surface area contributed by atoms with Crippen LogP contribution in [-0.2, 0) is 40.0 Å². The fourth-order valence-corrected chi connectivity index (χ4v) is 7.79. The van der Waals surface area contributed by atoms with Crippen LogP contribution in [0.25, 0.3) is 0 Å². The summed E-state index contributed by atoms with van der Waals surface area (Å²) in [6.07, 6.45) is 5.30. The fourth-order valence-electron chi connectivity index (χ4n) is 7.23. The maximum Gasteiger partial charge on any atom is 0.327 e. The van der Waals surface area contributed by atoms with Gasteiger partial charge in [-0.3, -0.25) is 19.2 Å². The minimum atomic E-state index is -1.28. The van der Waals surface area contributed by atoms with E-state index in [1.165, 1.54) is 0 Å². The van der Waals surface area contributed by atoms with E-state index in [1.807, 2.05) is 24.3 Å². The van der Waals surface area contributed by atoms with E-state index < -0.39 is 47.6 Å². The zero-order valence-electron chi connectivity index (χ0n) is 25.7. The third-order valence-electron chi connectivity index (χ3n) is 9.35. The molecule has 0 radical (unpaired) electrons. The van der Waals surface area contributed by atoms with Gasteiger partial charge in [-0.05, 0) is 47.1 Å². The quantitative estimate of drug-likeness (QED) is 0.133. The molecule has 6 atom stereocenters. The number of halogens is 1. The first-order valence-corrected chi connectivity index (χ1v) is 17.2. The number of hydroxylamine groups is 2. The average molecular weight is 728 g/mol. The van der Waals surface area contributed by atoms with Gasteiger partial charge in [0.2, 0.25) is 11.8 Å². The largest absolute Gasteiger partial charge is 0.458 e. The Kier molecular flexibility index (Phi) is 11.2. The number of nitrogens with one attached hydrogen (secondary N) is 2. The number of hydrogen-bond acceptors (Lipinski definition) is 9. The molecule has 1 aromatic rings. The van der Waals surface area contributed by atoms with Crippen LogP contribution in [0.2, 0.25) is 0 Å². The molecule has 1 aliphatic carbocycles. The molecule has 0 unspecified atom stereocenters. The minimum absolute atomic E-state index is 0.0431. The van der Waals surface area contributed by atoms with Crippen LogP contribution in [0.1, 0.15) is 83.6 Å². The summed E-state index contributed by atoms with van der Waals surface area (Å²) in [4.78, 5) is 46.9. The second-order valence-corrected chi connectivity index (χ2v) is 13.5. The van der Waals surface area contributed by atoms with Crippen LogP contribution in [0.3, 0.4) is 0 Å². The molecule has 244 valence electrons. The number of esters is 1. The molecule has 1 aromatic carbocycles. The van der Waals surface area contributed by atoms with Gasteiger partial charge in [-0.15, -0.1) is 0 Å². The van der Waals surface area contributed by atoms with Crippen LogP contribution in [-0.4, -0.2) is 83.9 Å². The molecule has 3 heterocycles. The summed E-state index contributed by atoms with van der Waals surface area (Å²) in [5.41, 5.74) is -0.318. The van der Waals surface area contributed by atoms with Gasteiger partial charge in [-0.1, -0.05) is 57.7 Å². The van der Waals surface area contributed by atoms with E-state index in [-0.39, 0.29) is 50.9 Å². The molecule has 0 aromatic heterocycles. The molecule has 4 aliphatic rings. The first kappa shape index (κ1) is 33.5. The highest BCUT2D eigenvalue weighted by Crippen LogP contribution is 2.58. The Morgan fingerprint density at radius 2 is 1.73 bits per heavy atom. The second kappa shape index (κ2) is 14.7. The van der Waals surface area contributed by atoms with E-state index in [4.69, 9.17) is 24.2 Å². The summed E-state index contributed by atoms with van der Waals surface area (Å²) >= 11 is 2.26. The van der Waals surface area contributed by atoms with Crippen LogP contribution in [0.5, 0.6) is 0 Å². The van der Waals surface area contributed by atoms with Crippen molar-refractivity contribution >= 4 is 40.4 Å². The third kappa shape index (κ3) is 6.66. The Balaban J connectivity index is 1.46. The zero-order valence-corrected chi connectivity index (χ0v) is 27.9. The number of carbonyl (C=O) groups is 3. The molecule has 3 N–H and O–H groups in total. The van der Waals surface area contributed by atoms with Crippen molar-refractivity contribution in [3.05, 3.63) is 33.4 Å². The van der Waals surface area contributed by atoms with Crippen molar-refractivity contribution in [1.29, 1.82) is 0 Å². The lowest BCUT2D eigenvalue weighted by Gasteiger charge is -2.48. The Morgan fingerprint density at radius 1 is 1.02 bits per heavy atom. The number of amides is 2. The SMILES string of the molecule is CCCCCC1(CCCCC)O[C@@H]2[C@H](O1)[C@H]1ON(Cc3ccccc3I)[C@H]3C(=O)O[C@@H]2C[C@@]13C(=O)NCCC(=O)NCCO. The molecule has 11 nitrogen and oxygen atoms in total. The molecule has 0 spiro atoms. The average Bonchev–Trinajstić information content (AvgIpc) is 3.56. The number of rotatable bonds is 16. The smallest absolute Gasteiger partial charge is 0.327 e. The standard InChI is InChI=1S/C32H46IN3O8/c1-3-5-9-14-31(15-10-6-4-2)42-25-23-19-32(30(40)35-16-13-24(38)34-17-18-37)27(29(39)41-23)36(44-28(32)26(25)43-31)20-21-11-7-8-12-22(21)33/h7-8,11-12,23,25-28,37H,3-6,9-10,13-20H2,1-2H3,(H,34,38)(H,35,40)/t23-,25+,26+,27+,28-,32+/m1/s1. The molecule has 2 bridgehead atoms. The molecule has 3 aliphatic heterocycles. The highest BCUT2D eigenvalue weighted by Gasteiger charge is 2.76. The molecule has 4 fully saturated rings. The number of aliphatic hydroxyl groups excluding tert-OH is 1.